The zero-order valence-corrected chi connectivity index (χ0v) is 14.1. The lowest BCUT2D eigenvalue weighted by Crippen LogP contribution is -2.29. The van der Waals surface area contributed by atoms with Crippen LogP contribution in [-0.2, 0) is 6.42 Å². The number of hydrogen-bond donors (Lipinski definition) is 2. The third-order valence-corrected chi connectivity index (χ3v) is 5.02. The molecule has 106 valence electrons. The van der Waals surface area contributed by atoms with E-state index in [1.807, 2.05) is 25.1 Å². The van der Waals surface area contributed by atoms with Gasteiger partial charge in [0.05, 0.1) is 10.5 Å². The molecule has 5 heteroatoms. The van der Waals surface area contributed by atoms with Crippen LogP contribution in [0.25, 0.3) is 0 Å². The average molecular weight is 402 g/mol. The fourth-order valence-electron chi connectivity index (χ4n) is 2.08. The molecule has 0 fully saturated rings. The topological polar surface area (TPSA) is 38.0 Å². The molecule has 1 unspecified atom stereocenters. The number of hydrazine groups is 1. The van der Waals surface area contributed by atoms with Gasteiger partial charge in [0.15, 0.2) is 0 Å². The Hall–Kier alpha value is -0.750. The van der Waals surface area contributed by atoms with Gasteiger partial charge in [-0.05, 0) is 58.1 Å². The van der Waals surface area contributed by atoms with Crippen LogP contribution in [0, 0.1) is 12.7 Å². The highest BCUT2D eigenvalue weighted by atomic mass is 79.9. The molecule has 2 nitrogen and oxygen atoms in total. The number of nitrogens with two attached hydrogens (primary N) is 1. The fourth-order valence-corrected chi connectivity index (χ4v) is 2.76. The number of benzene rings is 2. The molecular formula is C15H15Br2FN2. The third-order valence-electron chi connectivity index (χ3n) is 3.24. The Kier molecular flexibility index (Phi) is 5.32. The summed E-state index contributed by atoms with van der Waals surface area (Å²) in [7, 11) is 0. The summed E-state index contributed by atoms with van der Waals surface area (Å²) in [6, 6.07) is 11.0. The zero-order chi connectivity index (χ0) is 14.7. The summed E-state index contributed by atoms with van der Waals surface area (Å²) < 4.78 is 15.1. The number of hydrogen-bond acceptors (Lipinski definition) is 2. The number of halogens is 3. The van der Waals surface area contributed by atoms with Crippen LogP contribution in [0.4, 0.5) is 4.39 Å². The van der Waals surface area contributed by atoms with Crippen molar-refractivity contribution in [3.05, 3.63) is 67.9 Å². The highest BCUT2D eigenvalue weighted by Crippen LogP contribution is 2.27. The first-order chi connectivity index (χ1) is 9.52. The Morgan fingerprint density at radius 2 is 2.00 bits per heavy atom. The standard InChI is InChI=1S/C15H15Br2FN2/c1-9-7-10(5-6-12(9)16)14(20-19)8-11-3-2-4-13(18)15(11)17/h2-7,14,20H,8,19H2,1H3. The van der Waals surface area contributed by atoms with Gasteiger partial charge in [0.25, 0.3) is 0 Å². The van der Waals surface area contributed by atoms with E-state index in [0.29, 0.717) is 10.9 Å². The van der Waals surface area contributed by atoms with E-state index in [1.165, 1.54) is 6.07 Å². The van der Waals surface area contributed by atoms with Gasteiger partial charge in [0.1, 0.15) is 5.82 Å². The molecule has 0 aliphatic rings. The van der Waals surface area contributed by atoms with Gasteiger partial charge in [0, 0.05) is 4.47 Å². The molecular weight excluding hydrogens is 387 g/mol. The van der Waals surface area contributed by atoms with Crippen LogP contribution in [0.1, 0.15) is 22.7 Å². The molecule has 2 aromatic rings. The van der Waals surface area contributed by atoms with Gasteiger partial charge in [-0.2, -0.15) is 0 Å². The molecule has 0 heterocycles. The minimum absolute atomic E-state index is 0.0695. The van der Waals surface area contributed by atoms with Crippen LogP contribution in [-0.4, -0.2) is 0 Å². The quantitative estimate of drug-likeness (QED) is 0.588. The molecule has 0 aliphatic heterocycles. The molecule has 0 saturated carbocycles. The number of nitrogens with one attached hydrogen (secondary N) is 1. The van der Waals surface area contributed by atoms with Gasteiger partial charge in [-0.25, -0.2) is 4.39 Å². The van der Waals surface area contributed by atoms with Gasteiger partial charge in [-0.1, -0.05) is 40.2 Å². The van der Waals surface area contributed by atoms with Crippen molar-refractivity contribution in [3.8, 4) is 0 Å². The number of rotatable bonds is 4. The molecule has 20 heavy (non-hydrogen) atoms. The minimum Gasteiger partial charge on any atom is -0.271 e. The summed E-state index contributed by atoms with van der Waals surface area (Å²) in [6.07, 6.45) is 0.607. The lowest BCUT2D eigenvalue weighted by molar-refractivity contribution is 0.546. The predicted octanol–water partition coefficient (Wildman–Crippen LogP) is 4.41. The van der Waals surface area contributed by atoms with E-state index >= 15 is 0 Å². The van der Waals surface area contributed by atoms with Gasteiger partial charge in [-0.15, -0.1) is 0 Å². The van der Waals surface area contributed by atoms with Crippen molar-refractivity contribution in [2.24, 2.45) is 5.84 Å². The van der Waals surface area contributed by atoms with E-state index in [4.69, 9.17) is 5.84 Å². The summed E-state index contributed by atoms with van der Waals surface area (Å²) in [5.74, 6) is 5.40. The Balaban J connectivity index is 2.28. The molecule has 0 bridgehead atoms. The molecule has 2 rings (SSSR count). The molecule has 3 N–H and O–H groups in total. The SMILES string of the molecule is Cc1cc(C(Cc2cccc(F)c2Br)NN)ccc1Br. The number of aryl methyl sites for hydroxylation is 1. The largest absolute Gasteiger partial charge is 0.271 e. The molecule has 0 amide bonds. The van der Waals surface area contributed by atoms with Crippen molar-refractivity contribution in [3.63, 3.8) is 0 Å². The Labute approximate surface area is 134 Å². The molecule has 0 radical (unpaired) electrons. The van der Waals surface area contributed by atoms with E-state index in [0.717, 1.165) is 21.2 Å². The van der Waals surface area contributed by atoms with Crippen molar-refractivity contribution in [1.29, 1.82) is 0 Å². The Bertz CT molecular complexity index is 617. The zero-order valence-electron chi connectivity index (χ0n) is 11.0. The van der Waals surface area contributed by atoms with Gasteiger partial charge >= 0.3 is 0 Å². The van der Waals surface area contributed by atoms with E-state index < -0.39 is 0 Å². The predicted molar refractivity (Wildman–Crippen MR) is 86.7 cm³/mol. The first-order valence-electron chi connectivity index (χ1n) is 6.18. The first kappa shape index (κ1) is 15.6. The van der Waals surface area contributed by atoms with Crippen LogP contribution < -0.4 is 11.3 Å². The second-order valence-electron chi connectivity index (χ2n) is 4.64. The monoisotopic (exact) mass is 400 g/mol. The molecule has 2 aromatic carbocycles. The van der Waals surface area contributed by atoms with Crippen molar-refractivity contribution in [1.82, 2.24) is 5.43 Å². The smallest absolute Gasteiger partial charge is 0.137 e. The van der Waals surface area contributed by atoms with Crippen molar-refractivity contribution >= 4 is 31.9 Å². The maximum absolute atomic E-state index is 13.5. The summed E-state index contributed by atoms with van der Waals surface area (Å²) in [5, 5.41) is 0. The summed E-state index contributed by atoms with van der Waals surface area (Å²) >= 11 is 6.77. The lowest BCUT2D eigenvalue weighted by atomic mass is 9.98. The van der Waals surface area contributed by atoms with E-state index in [1.54, 1.807) is 6.07 Å². The molecule has 0 saturated heterocycles. The molecule has 1 atom stereocenters. The van der Waals surface area contributed by atoms with Crippen LogP contribution in [0.15, 0.2) is 45.3 Å². The normalized spacial score (nSPS) is 12.4. The fraction of sp³-hybridized carbons (Fsp3) is 0.200. The highest BCUT2D eigenvalue weighted by molar-refractivity contribution is 9.10. The Morgan fingerprint density at radius 1 is 1.25 bits per heavy atom. The van der Waals surface area contributed by atoms with Crippen molar-refractivity contribution < 1.29 is 4.39 Å². The second kappa shape index (κ2) is 6.80. The van der Waals surface area contributed by atoms with Crippen LogP contribution in [0.5, 0.6) is 0 Å². The average Bonchev–Trinajstić information content (AvgIpc) is 2.44. The Morgan fingerprint density at radius 3 is 2.65 bits per heavy atom. The van der Waals surface area contributed by atoms with Crippen molar-refractivity contribution in [2.75, 3.05) is 0 Å². The molecule has 0 aromatic heterocycles. The maximum Gasteiger partial charge on any atom is 0.137 e. The molecule has 0 aliphatic carbocycles. The van der Waals surface area contributed by atoms with Crippen LogP contribution in [0.2, 0.25) is 0 Å². The van der Waals surface area contributed by atoms with E-state index in [9.17, 15) is 4.39 Å². The lowest BCUT2D eigenvalue weighted by Gasteiger charge is -2.18. The maximum atomic E-state index is 13.5. The third kappa shape index (κ3) is 3.47. The van der Waals surface area contributed by atoms with Crippen molar-refractivity contribution in [2.45, 2.75) is 19.4 Å². The summed E-state index contributed by atoms with van der Waals surface area (Å²) in [6.45, 7) is 2.03. The summed E-state index contributed by atoms with van der Waals surface area (Å²) in [5.41, 5.74) is 5.90. The van der Waals surface area contributed by atoms with Crippen LogP contribution >= 0.6 is 31.9 Å². The van der Waals surface area contributed by atoms with E-state index in [2.05, 4.69) is 43.4 Å². The minimum atomic E-state index is -0.259. The van der Waals surface area contributed by atoms with E-state index in [-0.39, 0.29) is 11.9 Å². The summed E-state index contributed by atoms with van der Waals surface area (Å²) in [4.78, 5) is 0. The second-order valence-corrected chi connectivity index (χ2v) is 6.29. The van der Waals surface area contributed by atoms with Crippen LogP contribution in [0.3, 0.4) is 0 Å². The first-order valence-corrected chi connectivity index (χ1v) is 7.76. The van der Waals surface area contributed by atoms with Gasteiger partial charge in [0.2, 0.25) is 0 Å². The van der Waals surface area contributed by atoms with Gasteiger partial charge in [-0.3, -0.25) is 11.3 Å². The highest BCUT2D eigenvalue weighted by Gasteiger charge is 2.14. The molecule has 0 spiro atoms. The van der Waals surface area contributed by atoms with Gasteiger partial charge < -0.3 is 0 Å².